The van der Waals surface area contributed by atoms with Crippen LogP contribution in [0.15, 0.2) is 48.5 Å². The molecule has 2 heterocycles. The number of ether oxygens (including phenoxy) is 1. The van der Waals surface area contributed by atoms with E-state index in [0.29, 0.717) is 12.1 Å². The van der Waals surface area contributed by atoms with Crippen LogP contribution in [-0.2, 0) is 16.0 Å². The number of nitrogens with zero attached hydrogens (tertiary/aromatic N) is 3. The number of methoxy groups -OCH3 is 1. The van der Waals surface area contributed by atoms with Gasteiger partial charge < -0.3 is 14.5 Å². The number of anilines is 1. The van der Waals surface area contributed by atoms with E-state index >= 15 is 0 Å². The number of benzene rings is 2. The number of fused-ring (bicyclic) bond motifs is 1. The molecule has 0 bridgehead atoms. The van der Waals surface area contributed by atoms with Crippen molar-refractivity contribution in [2.45, 2.75) is 32.1 Å². The Labute approximate surface area is 206 Å². The number of imide groups is 1. The largest absolute Gasteiger partial charge is 0.497 e. The van der Waals surface area contributed by atoms with Gasteiger partial charge in [0.05, 0.1) is 13.5 Å². The van der Waals surface area contributed by atoms with Gasteiger partial charge in [-0.15, -0.1) is 0 Å². The summed E-state index contributed by atoms with van der Waals surface area (Å²) in [7, 11) is 1.67. The summed E-state index contributed by atoms with van der Waals surface area (Å²) in [6, 6.07) is 15.4. The minimum absolute atomic E-state index is 0.0445. The van der Waals surface area contributed by atoms with Crippen molar-refractivity contribution in [3.63, 3.8) is 0 Å². The summed E-state index contributed by atoms with van der Waals surface area (Å²) in [6.07, 6.45) is 3.69. The van der Waals surface area contributed by atoms with Gasteiger partial charge in [-0.25, -0.2) is 0 Å². The Morgan fingerprint density at radius 2 is 1.69 bits per heavy atom. The molecule has 2 aromatic rings. The fourth-order valence-electron chi connectivity index (χ4n) is 5.69. The second kappa shape index (κ2) is 10.1. The molecule has 0 spiro atoms. The van der Waals surface area contributed by atoms with Crippen molar-refractivity contribution in [1.29, 1.82) is 0 Å². The van der Waals surface area contributed by atoms with E-state index in [1.807, 2.05) is 41.3 Å². The molecule has 2 aromatic carbocycles. The fraction of sp³-hybridized carbons (Fsp3) is 0.464. The number of carbonyl (C=O) groups is 3. The third-order valence-electron chi connectivity index (χ3n) is 7.78. The molecular weight excluding hydrogens is 442 g/mol. The Bertz CT molecular complexity index is 1100. The van der Waals surface area contributed by atoms with E-state index in [1.165, 1.54) is 4.90 Å². The second-order valence-electron chi connectivity index (χ2n) is 9.87. The van der Waals surface area contributed by atoms with Gasteiger partial charge in [0.2, 0.25) is 11.8 Å². The predicted molar refractivity (Wildman–Crippen MR) is 133 cm³/mol. The topological polar surface area (TPSA) is 70.2 Å². The SMILES string of the molecule is COc1cccc(N2CCN(C(=O)C3CCC(CN4C(=O)Cc5ccccc5C4=O)CC3)CC2)c1. The molecular formula is C28H33N3O4. The van der Waals surface area contributed by atoms with E-state index in [4.69, 9.17) is 4.74 Å². The highest BCUT2D eigenvalue weighted by Crippen LogP contribution is 2.32. The van der Waals surface area contributed by atoms with Crippen molar-refractivity contribution in [1.82, 2.24) is 9.80 Å². The predicted octanol–water partition coefficient (Wildman–Crippen LogP) is 3.38. The molecule has 0 radical (unpaired) electrons. The van der Waals surface area contributed by atoms with Crippen LogP contribution >= 0.6 is 0 Å². The van der Waals surface area contributed by atoms with Crippen LogP contribution in [0.4, 0.5) is 5.69 Å². The smallest absolute Gasteiger partial charge is 0.260 e. The molecule has 184 valence electrons. The van der Waals surface area contributed by atoms with Gasteiger partial charge in [0.15, 0.2) is 0 Å². The normalized spacial score (nSPS) is 22.7. The highest BCUT2D eigenvalue weighted by atomic mass is 16.5. The average Bonchev–Trinajstić information content (AvgIpc) is 2.91. The maximum Gasteiger partial charge on any atom is 0.260 e. The van der Waals surface area contributed by atoms with Crippen LogP contribution < -0.4 is 9.64 Å². The zero-order valence-electron chi connectivity index (χ0n) is 20.3. The molecule has 1 aliphatic carbocycles. The van der Waals surface area contributed by atoms with Crippen LogP contribution in [0.1, 0.15) is 41.6 Å². The van der Waals surface area contributed by atoms with Crippen molar-refractivity contribution in [2.75, 3.05) is 44.7 Å². The van der Waals surface area contributed by atoms with Gasteiger partial charge in [-0.05, 0) is 55.4 Å². The summed E-state index contributed by atoms with van der Waals surface area (Å²) in [5.74, 6) is 1.12. The van der Waals surface area contributed by atoms with Gasteiger partial charge in [-0.2, -0.15) is 0 Å². The molecule has 3 aliphatic rings. The van der Waals surface area contributed by atoms with Gasteiger partial charge in [-0.3, -0.25) is 19.3 Å². The number of hydrogen-bond acceptors (Lipinski definition) is 5. The van der Waals surface area contributed by atoms with Crippen molar-refractivity contribution in [3.8, 4) is 5.75 Å². The van der Waals surface area contributed by atoms with Gasteiger partial charge in [0.1, 0.15) is 5.75 Å². The second-order valence-corrected chi connectivity index (χ2v) is 9.87. The average molecular weight is 476 g/mol. The van der Waals surface area contributed by atoms with Crippen molar-refractivity contribution < 1.29 is 19.1 Å². The van der Waals surface area contributed by atoms with Crippen LogP contribution in [-0.4, -0.2) is 67.4 Å². The molecule has 0 unspecified atom stereocenters. The van der Waals surface area contributed by atoms with Crippen LogP contribution in [0.2, 0.25) is 0 Å². The molecule has 5 rings (SSSR count). The van der Waals surface area contributed by atoms with Crippen LogP contribution in [0.5, 0.6) is 5.75 Å². The van der Waals surface area contributed by atoms with E-state index in [0.717, 1.165) is 68.9 Å². The number of rotatable bonds is 5. The number of hydrogen-bond donors (Lipinski definition) is 0. The fourth-order valence-corrected chi connectivity index (χ4v) is 5.69. The first kappa shape index (κ1) is 23.4. The Kier molecular flexibility index (Phi) is 6.75. The van der Waals surface area contributed by atoms with Crippen molar-refractivity contribution >= 4 is 23.4 Å². The summed E-state index contributed by atoms with van der Waals surface area (Å²) in [5.41, 5.74) is 2.59. The zero-order chi connectivity index (χ0) is 24.4. The zero-order valence-corrected chi connectivity index (χ0v) is 20.3. The Morgan fingerprint density at radius 3 is 2.43 bits per heavy atom. The van der Waals surface area contributed by atoms with Crippen LogP contribution in [0, 0.1) is 11.8 Å². The first-order valence-corrected chi connectivity index (χ1v) is 12.6. The Balaban J connectivity index is 1.11. The van der Waals surface area contributed by atoms with Crippen molar-refractivity contribution in [3.05, 3.63) is 59.7 Å². The van der Waals surface area contributed by atoms with E-state index in [1.54, 1.807) is 13.2 Å². The molecule has 0 atom stereocenters. The number of carbonyl (C=O) groups excluding carboxylic acids is 3. The highest BCUT2D eigenvalue weighted by Gasteiger charge is 2.35. The van der Waals surface area contributed by atoms with E-state index in [-0.39, 0.29) is 36.0 Å². The minimum atomic E-state index is -0.177. The summed E-state index contributed by atoms with van der Waals surface area (Å²) in [6.45, 7) is 3.55. The Hall–Kier alpha value is -3.35. The molecule has 3 amide bonds. The van der Waals surface area contributed by atoms with Gasteiger partial charge in [0.25, 0.3) is 5.91 Å². The molecule has 35 heavy (non-hydrogen) atoms. The minimum Gasteiger partial charge on any atom is -0.497 e. The van der Waals surface area contributed by atoms with Gasteiger partial charge in [-0.1, -0.05) is 24.3 Å². The van der Waals surface area contributed by atoms with E-state index in [2.05, 4.69) is 11.0 Å². The third-order valence-corrected chi connectivity index (χ3v) is 7.78. The first-order chi connectivity index (χ1) is 17.0. The summed E-state index contributed by atoms with van der Waals surface area (Å²) < 4.78 is 5.34. The number of amides is 3. The summed E-state index contributed by atoms with van der Waals surface area (Å²) >= 11 is 0. The van der Waals surface area contributed by atoms with Gasteiger partial charge >= 0.3 is 0 Å². The van der Waals surface area contributed by atoms with Crippen LogP contribution in [0.3, 0.4) is 0 Å². The lowest BCUT2D eigenvalue weighted by atomic mass is 9.80. The molecule has 7 heteroatoms. The molecule has 7 nitrogen and oxygen atoms in total. The lowest BCUT2D eigenvalue weighted by Gasteiger charge is -2.39. The summed E-state index contributed by atoms with van der Waals surface area (Å²) in [5, 5.41) is 0. The van der Waals surface area contributed by atoms with E-state index in [9.17, 15) is 14.4 Å². The maximum absolute atomic E-state index is 13.2. The monoisotopic (exact) mass is 475 g/mol. The Morgan fingerprint density at radius 1 is 0.943 bits per heavy atom. The van der Waals surface area contributed by atoms with Gasteiger partial charge in [0, 0.05) is 56.0 Å². The maximum atomic E-state index is 13.2. The first-order valence-electron chi connectivity index (χ1n) is 12.6. The molecule has 1 saturated heterocycles. The number of piperazine rings is 1. The molecule has 0 N–H and O–H groups in total. The molecule has 1 saturated carbocycles. The third kappa shape index (κ3) is 4.90. The standard InChI is InChI=1S/C28H33N3O4/c1-35-24-7-4-6-23(18-24)29-13-15-30(16-14-29)27(33)21-11-9-20(10-12-21)19-31-26(32)17-22-5-2-3-8-25(22)28(31)34/h2-8,18,20-21H,9-17,19H2,1H3. The lowest BCUT2D eigenvalue weighted by molar-refractivity contribution is -0.137. The molecule has 0 aromatic heterocycles. The van der Waals surface area contributed by atoms with Crippen molar-refractivity contribution in [2.24, 2.45) is 11.8 Å². The molecule has 2 fully saturated rings. The van der Waals surface area contributed by atoms with E-state index < -0.39 is 0 Å². The quantitative estimate of drug-likeness (QED) is 0.620. The molecule has 2 aliphatic heterocycles. The highest BCUT2D eigenvalue weighted by molar-refractivity contribution is 6.09. The van der Waals surface area contributed by atoms with Crippen LogP contribution in [0.25, 0.3) is 0 Å². The summed E-state index contributed by atoms with van der Waals surface area (Å²) in [4.78, 5) is 44.4. The lowest BCUT2D eigenvalue weighted by Crippen LogP contribution is -2.51.